The van der Waals surface area contributed by atoms with Crippen molar-refractivity contribution >= 4 is 33.5 Å². The van der Waals surface area contributed by atoms with Crippen molar-refractivity contribution in [1.82, 2.24) is 9.97 Å². The van der Waals surface area contributed by atoms with Gasteiger partial charge in [0.1, 0.15) is 16.7 Å². The Balaban J connectivity index is 2.23. The number of carbonyl (C=O) groups is 1. The van der Waals surface area contributed by atoms with Crippen LogP contribution in [0.25, 0.3) is 11.3 Å². The molecule has 1 aromatic carbocycles. The first-order chi connectivity index (χ1) is 8.56. The highest BCUT2D eigenvalue weighted by molar-refractivity contribution is 9.10. The van der Waals surface area contributed by atoms with E-state index in [0.29, 0.717) is 23.1 Å². The van der Waals surface area contributed by atoms with Gasteiger partial charge in [-0.2, -0.15) is 0 Å². The van der Waals surface area contributed by atoms with E-state index in [1.54, 1.807) is 0 Å². The highest BCUT2D eigenvalue weighted by Crippen LogP contribution is 2.27. The Bertz CT molecular complexity index is 566. The van der Waals surface area contributed by atoms with E-state index in [-0.39, 0.29) is 6.42 Å². The average Bonchev–Trinajstić information content (AvgIpc) is 2.69. The van der Waals surface area contributed by atoms with Crippen molar-refractivity contribution in [2.75, 3.05) is 0 Å². The Morgan fingerprint density at radius 2 is 2.06 bits per heavy atom. The topological polar surface area (TPSA) is 66.0 Å². The van der Waals surface area contributed by atoms with Gasteiger partial charge >= 0.3 is 5.97 Å². The molecule has 0 amide bonds. The second kappa shape index (κ2) is 5.54. The standard InChI is InChI=1S/C12H10BrClN2O2/c13-8-3-1-7(2-4-8)11-12(14)16-9(15-11)5-6-10(17)18/h1-4H,5-6H2,(H,15,16)(H,17,18). The lowest BCUT2D eigenvalue weighted by atomic mass is 10.2. The zero-order chi connectivity index (χ0) is 13.1. The number of aliphatic carboxylic acids is 1. The molecule has 0 unspecified atom stereocenters. The molecule has 2 aromatic rings. The third-order valence-electron chi connectivity index (χ3n) is 2.40. The van der Waals surface area contributed by atoms with Crippen LogP contribution < -0.4 is 0 Å². The number of carboxylic acid groups (broad SMARTS) is 1. The van der Waals surface area contributed by atoms with Gasteiger partial charge in [0.15, 0.2) is 0 Å². The maximum absolute atomic E-state index is 10.5. The molecule has 94 valence electrons. The fourth-order valence-corrected chi connectivity index (χ4v) is 2.07. The number of hydrogen-bond acceptors (Lipinski definition) is 2. The summed E-state index contributed by atoms with van der Waals surface area (Å²) in [5.74, 6) is -0.270. The first-order valence-electron chi connectivity index (χ1n) is 5.28. The van der Waals surface area contributed by atoms with Gasteiger partial charge in [-0.25, -0.2) is 4.98 Å². The van der Waals surface area contributed by atoms with Crippen molar-refractivity contribution in [3.63, 3.8) is 0 Å². The third kappa shape index (κ3) is 3.11. The smallest absolute Gasteiger partial charge is 0.303 e. The van der Waals surface area contributed by atoms with E-state index >= 15 is 0 Å². The Kier molecular flexibility index (Phi) is 4.04. The Hall–Kier alpha value is -1.33. The monoisotopic (exact) mass is 328 g/mol. The van der Waals surface area contributed by atoms with Gasteiger partial charge in [0.2, 0.25) is 0 Å². The molecule has 2 rings (SSSR count). The molecule has 18 heavy (non-hydrogen) atoms. The van der Waals surface area contributed by atoms with E-state index in [1.807, 2.05) is 24.3 Å². The molecule has 0 bridgehead atoms. The van der Waals surface area contributed by atoms with Crippen LogP contribution in [0.3, 0.4) is 0 Å². The van der Waals surface area contributed by atoms with Gasteiger partial charge in [-0.3, -0.25) is 4.79 Å². The lowest BCUT2D eigenvalue weighted by Crippen LogP contribution is -1.98. The van der Waals surface area contributed by atoms with Crippen molar-refractivity contribution in [3.05, 3.63) is 39.7 Å². The molecule has 0 aliphatic heterocycles. The number of nitrogens with zero attached hydrogens (tertiary/aromatic N) is 1. The molecule has 6 heteroatoms. The Morgan fingerprint density at radius 3 is 2.67 bits per heavy atom. The highest BCUT2D eigenvalue weighted by atomic mass is 79.9. The van der Waals surface area contributed by atoms with Crippen LogP contribution in [0.5, 0.6) is 0 Å². The molecule has 1 aromatic heterocycles. The van der Waals surface area contributed by atoms with E-state index < -0.39 is 5.97 Å². The normalized spacial score (nSPS) is 10.6. The Labute approximate surface area is 117 Å². The summed E-state index contributed by atoms with van der Waals surface area (Å²) in [6, 6.07) is 7.59. The number of halogens is 2. The lowest BCUT2D eigenvalue weighted by molar-refractivity contribution is -0.137. The van der Waals surface area contributed by atoms with Crippen LogP contribution >= 0.6 is 27.5 Å². The SMILES string of the molecule is O=C(O)CCc1nc(-c2ccc(Br)cc2)c(Cl)[nH]1. The van der Waals surface area contributed by atoms with Crippen LogP contribution in [0.15, 0.2) is 28.7 Å². The minimum absolute atomic E-state index is 0.0314. The summed E-state index contributed by atoms with van der Waals surface area (Å²) in [5, 5.41) is 9.05. The van der Waals surface area contributed by atoms with Gasteiger partial charge < -0.3 is 10.1 Å². The average molecular weight is 330 g/mol. The molecule has 0 saturated carbocycles. The summed E-state index contributed by atoms with van der Waals surface area (Å²) in [5.41, 5.74) is 1.53. The second-order valence-electron chi connectivity index (χ2n) is 3.75. The molecule has 0 atom stereocenters. The number of aromatic nitrogens is 2. The van der Waals surface area contributed by atoms with Gasteiger partial charge in [-0.05, 0) is 12.1 Å². The molecule has 0 saturated heterocycles. The van der Waals surface area contributed by atoms with Crippen LogP contribution in [0.4, 0.5) is 0 Å². The number of hydrogen-bond donors (Lipinski definition) is 2. The zero-order valence-corrected chi connectivity index (χ0v) is 11.6. The maximum Gasteiger partial charge on any atom is 0.303 e. The maximum atomic E-state index is 10.5. The van der Waals surface area contributed by atoms with Crippen LogP contribution in [0.1, 0.15) is 12.2 Å². The molecule has 0 aliphatic carbocycles. The fourth-order valence-electron chi connectivity index (χ4n) is 1.54. The van der Waals surface area contributed by atoms with E-state index in [2.05, 4.69) is 25.9 Å². The number of aromatic amines is 1. The summed E-state index contributed by atoms with van der Waals surface area (Å²) in [4.78, 5) is 17.7. The largest absolute Gasteiger partial charge is 0.481 e. The van der Waals surface area contributed by atoms with Gasteiger partial charge in [-0.1, -0.05) is 39.7 Å². The van der Waals surface area contributed by atoms with Crippen molar-refractivity contribution in [2.45, 2.75) is 12.8 Å². The fraction of sp³-hybridized carbons (Fsp3) is 0.167. The van der Waals surface area contributed by atoms with E-state index in [1.165, 1.54) is 0 Å². The third-order valence-corrected chi connectivity index (χ3v) is 3.20. The molecule has 1 heterocycles. The minimum Gasteiger partial charge on any atom is -0.481 e. The molecule has 0 fully saturated rings. The van der Waals surface area contributed by atoms with Crippen molar-refractivity contribution in [3.8, 4) is 11.3 Å². The van der Waals surface area contributed by atoms with Crippen LogP contribution in [-0.4, -0.2) is 21.0 Å². The molecule has 2 N–H and O–H groups in total. The zero-order valence-electron chi connectivity index (χ0n) is 9.28. The number of benzene rings is 1. The van der Waals surface area contributed by atoms with Gasteiger partial charge in [-0.15, -0.1) is 0 Å². The summed E-state index contributed by atoms with van der Waals surface area (Å²) < 4.78 is 0.976. The summed E-state index contributed by atoms with van der Waals surface area (Å²) in [6.07, 6.45) is 0.370. The number of carboxylic acids is 1. The van der Waals surface area contributed by atoms with E-state index in [4.69, 9.17) is 16.7 Å². The first-order valence-corrected chi connectivity index (χ1v) is 6.45. The van der Waals surface area contributed by atoms with Crippen LogP contribution in [0.2, 0.25) is 5.15 Å². The van der Waals surface area contributed by atoms with Crippen molar-refractivity contribution < 1.29 is 9.90 Å². The minimum atomic E-state index is -0.854. The summed E-state index contributed by atoms with van der Waals surface area (Å²) in [6.45, 7) is 0. The van der Waals surface area contributed by atoms with Crippen LogP contribution in [-0.2, 0) is 11.2 Å². The van der Waals surface area contributed by atoms with Gasteiger partial charge in [0.25, 0.3) is 0 Å². The number of nitrogens with one attached hydrogen (secondary N) is 1. The number of aryl methyl sites for hydroxylation is 1. The quantitative estimate of drug-likeness (QED) is 0.902. The first kappa shape index (κ1) is 13.1. The second-order valence-corrected chi connectivity index (χ2v) is 5.04. The summed E-state index contributed by atoms with van der Waals surface area (Å²) in [7, 11) is 0. The summed E-state index contributed by atoms with van der Waals surface area (Å²) >= 11 is 9.41. The molecular weight excluding hydrogens is 320 g/mol. The molecule has 0 spiro atoms. The number of H-pyrrole nitrogens is 1. The van der Waals surface area contributed by atoms with Crippen LogP contribution in [0, 0.1) is 0 Å². The van der Waals surface area contributed by atoms with Crippen molar-refractivity contribution in [1.29, 1.82) is 0 Å². The molecule has 0 aliphatic rings. The number of imidazole rings is 1. The predicted octanol–water partition coefficient (Wildman–Crippen LogP) is 3.51. The van der Waals surface area contributed by atoms with E-state index in [0.717, 1.165) is 10.0 Å². The molecular formula is C12H10BrClN2O2. The Morgan fingerprint density at radius 1 is 1.39 bits per heavy atom. The molecule has 4 nitrogen and oxygen atoms in total. The van der Waals surface area contributed by atoms with Gasteiger partial charge in [0, 0.05) is 16.5 Å². The van der Waals surface area contributed by atoms with Gasteiger partial charge in [0.05, 0.1) is 6.42 Å². The van der Waals surface area contributed by atoms with Crippen molar-refractivity contribution in [2.24, 2.45) is 0 Å². The van der Waals surface area contributed by atoms with E-state index in [9.17, 15) is 4.79 Å². The lowest BCUT2D eigenvalue weighted by Gasteiger charge is -1.97. The highest BCUT2D eigenvalue weighted by Gasteiger charge is 2.11. The number of rotatable bonds is 4. The molecule has 0 radical (unpaired) electrons. The predicted molar refractivity (Wildman–Crippen MR) is 72.7 cm³/mol.